The van der Waals surface area contributed by atoms with E-state index in [2.05, 4.69) is 31.2 Å². The minimum Gasteiger partial charge on any atom is -0.508 e. The Kier molecular flexibility index (Phi) is 6.63. The molecule has 0 amide bonds. The van der Waals surface area contributed by atoms with Crippen molar-refractivity contribution in [3.8, 4) is 5.75 Å². The summed E-state index contributed by atoms with van der Waals surface area (Å²) >= 11 is 5.96. The van der Waals surface area contributed by atoms with Crippen molar-refractivity contribution in [1.29, 1.82) is 0 Å². The molecule has 0 aliphatic carbocycles. The summed E-state index contributed by atoms with van der Waals surface area (Å²) in [5.41, 5.74) is 9.31. The van der Waals surface area contributed by atoms with Gasteiger partial charge in [-0.3, -0.25) is 4.79 Å². The highest BCUT2D eigenvalue weighted by atomic mass is 35.5. The van der Waals surface area contributed by atoms with Crippen LogP contribution >= 0.6 is 11.6 Å². The first kappa shape index (κ1) is 19.5. The van der Waals surface area contributed by atoms with Gasteiger partial charge in [-0.2, -0.15) is 0 Å². The summed E-state index contributed by atoms with van der Waals surface area (Å²) in [7, 11) is 0. The van der Waals surface area contributed by atoms with Gasteiger partial charge in [0, 0.05) is 10.9 Å². The molecular formula is C21H26ClNO2. The Hall–Kier alpha value is -1.84. The lowest BCUT2D eigenvalue weighted by Gasteiger charge is -2.25. The molecule has 0 radical (unpaired) electrons. The Morgan fingerprint density at radius 1 is 1.20 bits per heavy atom. The molecule has 134 valence electrons. The van der Waals surface area contributed by atoms with Crippen molar-refractivity contribution in [2.24, 2.45) is 11.7 Å². The molecule has 4 heteroatoms. The van der Waals surface area contributed by atoms with Crippen LogP contribution in [0.4, 0.5) is 0 Å². The van der Waals surface area contributed by atoms with E-state index < -0.39 is 6.04 Å². The van der Waals surface area contributed by atoms with Crippen LogP contribution in [0.5, 0.6) is 5.75 Å². The average molecular weight is 360 g/mol. The number of nitrogens with two attached hydrogens (primary N) is 1. The Bertz CT molecular complexity index is 707. The molecule has 2 rings (SSSR count). The lowest BCUT2D eigenvalue weighted by Crippen LogP contribution is -2.39. The van der Waals surface area contributed by atoms with E-state index in [1.165, 1.54) is 11.6 Å². The summed E-state index contributed by atoms with van der Waals surface area (Å²) in [6.07, 6.45) is 1.10. The van der Waals surface area contributed by atoms with E-state index in [4.69, 9.17) is 17.3 Å². The highest BCUT2D eigenvalue weighted by molar-refractivity contribution is 6.30. The van der Waals surface area contributed by atoms with Crippen LogP contribution in [-0.2, 0) is 11.2 Å². The van der Waals surface area contributed by atoms with Gasteiger partial charge in [0.1, 0.15) is 5.75 Å². The van der Waals surface area contributed by atoms with Crippen molar-refractivity contribution in [3.63, 3.8) is 0 Å². The van der Waals surface area contributed by atoms with Gasteiger partial charge >= 0.3 is 0 Å². The number of benzene rings is 2. The van der Waals surface area contributed by atoms with Gasteiger partial charge in [-0.25, -0.2) is 0 Å². The highest BCUT2D eigenvalue weighted by Gasteiger charge is 2.28. The van der Waals surface area contributed by atoms with Crippen LogP contribution in [0.25, 0.3) is 0 Å². The van der Waals surface area contributed by atoms with Crippen LogP contribution in [-0.4, -0.2) is 16.9 Å². The molecule has 0 spiro atoms. The van der Waals surface area contributed by atoms with Crippen LogP contribution < -0.4 is 5.73 Å². The monoisotopic (exact) mass is 359 g/mol. The van der Waals surface area contributed by atoms with Gasteiger partial charge in [0.25, 0.3) is 0 Å². The number of hydrogen-bond acceptors (Lipinski definition) is 3. The normalized spacial score (nSPS) is 14.8. The molecule has 0 aliphatic heterocycles. The van der Waals surface area contributed by atoms with Crippen LogP contribution in [0, 0.1) is 12.8 Å². The first-order chi connectivity index (χ1) is 11.8. The smallest absolute Gasteiger partial charge is 0.153 e. The van der Waals surface area contributed by atoms with E-state index in [0.29, 0.717) is 11.4 Å². The van der Waals surface area contributed by atoms with Gasteiger partial charge in [-0.05, 0) is 55.0 Å². The molecule has 25 heavy (non-hydrogen) atoms. The summed E-state index contributed by atoms with van der Waals surface area (Å²) < 4.78 is 0. The third kappa shape index (κ3) is 5.07. The van der Waals surface area contributed by atoms with Crippen molar-refractivity contribution in [2.45, 2.75) is 45.6 Å². The number of aryl methyl sites for hydroxylation is 1. The molecule has 0 saturated carbocycles. The number of carbonyl (C=O) groups excluding carboxylic acids is 1. The summed E-state index contributed by atoms with van der Waals surface area (Å²) in [5.74, 6) is 0.111. The minimum absolute atomic E-state index is 0.0510. The summed E-state index contributed by atoms with van der Waals surface area (Å²) in [6, 6.07) is 12.5. The maximum atomic E-state index is 12.9. The van der Waals surface area contributed by atoms with Crippen molar-refractivity contribution in [3.05, 3.63) is 64.2 Å². The SMILES string of the molecule is CCC(C(=O)C(N)Cc1cc(O)cc(Cl)c1)C(C)c1ccc(C)cc1. The van der Waals surface area contributed by atoms with Crippen molar-refractivity contribution in [2.75, 3.05) is 0 Å². The van der Waals surface area contributed by atoms with Crippen molar-refractivity contribution >= 4 is 17.4 Å². The number of Topliss-reactive ketones (excluding diaryl/α,β-unsaturated/α-hetero) is 1. The van der Waals surface area contributed by atoms with Gasteiger partial charge in [-0.15, -0.1) is 0 Å². The molecule has 0 bridgehead atoms. The molecule has 0 aromatic heterocycles. The van der Waals surface area contributed by atoms with Crippen LogP contribution in [0.15, 0.2) is 42.5 Å². The fourth-order valence-corrected chi connectivity index (χ4v) is 3.54. The second-order valence-electron chi connectivity index (χ2n) is 6.74. The van der Waals surface area contributed by atoms with Gasteiger partial charge in [-0.1, -0.05) is 55.3 Å². The highest BCUT2D eigenvalue weighted by Crippen LogP contribution is 2.29. The average Bonchev–Trinajstić information content (AvgIpc) is 2.54. The zero-order valence-electron chi connectivity index (χ0n) is 15.0. The first-order valence-corrected chi connectivity index (χ1v) is 9.04. The van der Waals surface area contributed by atoms with Crippen molar-refractivity contribution < 1.29 is 9.90 Å². The van der Waals surface area contributed by atoms with E-state index >= 15 is 0 Å². The third-order valence-corrected chi connectivity index (χ3v) is 4.99. The molecule has 3 N–H and O–H groups in total. The molecular weight excluding hydrogens is 334 g/mol. The zero-order chi connectivity index (χ0) is 18.6. The number of rotatable bonds is 7. The first-order valence-electron chi connectivity index (χ1n) is 8.66. The quantitative estimate of drug-likeness (QED) is 0.758. The topological polar surface area (TPSA) is 63.3 Å². The van der Waals surface area contributed by atoms with Gasteiger partial charge in [0.2, 0.25) is 0 Å². The second-order valence-corrected chi connectivity index (χ2v) is 7.18. The zero-order valence-corrected chi connectivity index (χ0v) is 15.8. The molecule has 0 aliphatic rings. The number of aromatic hydroxyl groups is 1. The fraction of sp³-hybridized carbons (Fsp3) is 0.381. The van der Waals surface area contributed by atoms with E-state index in [0.717, 1.165) is 17.5 Å². The Morgan fingerprint density at radius 2 is 1.84 bits per heavy atom. The van der Waals surface area contributed by atoms with Gasteiger partial charge in [0.05, 0.1) is 6.04 Å². The second kappa shape index (κ2) is 8.50. The molecule has 3 unspecified atom stereocenters. The van der Waals surface area contributed by atoms with Crippen molar-refractivity contribution in [1.82, 2.24) is 0 Å². The molecule has 0 heterocycles. The molecule has 3 atom stereocenters. The number of ketones is 1. The van der Waals surface area contributed by atoms with Crippen LogP contribution in [0.2, 0.25) is 5.02 Å². The summed E-state index contributed by atoms with van der Waals surface area (Å²) in [6.45, 7) is 6.15. The van der Waals surface area contributed by atoms with E-state index in [1.807, 2.05) is 13.8 Å². The maximum Gasteiger partial charge on any atom is 0.153 e. The number of hydrogen-bond donors (Lipinski definition) is 2. The lowest BCUT2D eigenvalue weighted by atomic mass is 9.80. The molecule has 0 saturated heterocycles. The predicted molar refractivity (Wildman–Crippen MR) is 103 cm³/mol. The Morgan fingerprint density at radius 3 is 2.40 bits per heavy atom. The maximum absolute atomic E-state index is 12.9. The Labute approximate surface area is 154 Å². The van der Waals surface area contributed by atoms with Gasteiger partial charge in [0.15, 0.2) is 5.78 Å². The van der Waals surface area contributed by atoms with E-state index in [1.54, 1.807) is 12.1 Å². The standard InChI is InChI=1S/C21H26ClNO2/c1-4-19(14(3)16-7-5-13(2)6-8-16)21(25)20(23)11-15-9-17(22)12-18(24)10-15/h5-10,12,14,19-20,24H,4,11,23H2,1-3H3. The number of phenols is 1. The fourth-order valence-electron chi connectivity index (χ4n) is 3.28. The lowest BCUT2D eigenvalue weighted by molar-refractivity contribution is -0.124. The summed E-state index contributed by atoms with van der Waals surface area (Å²) in [5, 5.41) is 10.1. The molecule has 2 aromatic rings. The largest absolute Gasteiger partial charge is 0.508 e. The molecule has 2 aromatic carbocycles. The minimum atomic E-state index is -0.615. The molecule has 0 fully saturated rings. The predicted octanol–water partition coefficient (Wildman–Crippen LogP) is 4.62. The summed E-state index contributed by atoms with van der Waals surface area (Å²) in [4.78, 5) is 12.9. The van der Waals surface area contributed by atoms with Gasteiger partial charge < -0.3 is 10.8 Å². The Balaban J connectivity index is 2.13. The molecule has 3 nitrogen and oxygen atoms in total. The number of phenolic OH excluding ortho intramolecular Hbond substituents is 1. The number of carbonyl (C=O) groups is 1. The van der Waals surface area contributed by atoms with E-state index in [9.17, 15) is 9.90 Å². The van der Waals surface area contributed by atoms with Crippen LogP contribution in [0.3, 0.4) is 0 Å². The van der Waals surface area contributed by atoms with Crippen LogP contribution in [0.1, 0.15) is 42.9 Å². The van der Waals surface area contributed by atoms with E-state index in [-0.39, 0.29) is 23.4 Å². The third-order valence-electron chi connectivity index (χ3n) is 4.78. The number of halogens is 1.